The summed E-state index contributed by atoms with van der Waals surface area (Å²) in [5.74, 6) is -0.259. The van der Waals surface area contributed by atoms with Gasteiger partial charge in [-0.3, -0.25) is 0 Å². The minimum absolute atomic E-state index is 0.101. The van der Waals surface area contributed by atoms with Gasteiger partial charge in [-0.25, -0.2) is 4.39 Å². The molecule has 7 heteroatoms. The topological polar surface area (TPSA) is 57.7 Å². The summed E-state index contributed by atoms with van der Waals surface area (Å²) in [7, 11) is 1.93. The van der Waals surface area contributed by atoms with Crippen LogP contribution in [0.5, 0.6) is 0 Å². The highest BCUT2D eigenvalue weighted by Crippen LogP contribution is 2.40. The molecule has 2 heterocycles. The van der Waals surface area contributed by atoms with Crippen molar-refractivity contribution in [3.63, 3.8) is 0 Å². The van der Waals surface area contributed by atoms with Crippen LogP contribution in [0.3, 0.4) is 0 Å². The fourth-order valence-electron chi connectivity index (χ4n) is 2.39. The molecule has 0 bridgehead atoms. The number of hydrogen-bond acceptors (Lipinski definition) is 4. The largest absolute Gasteiger partial charge is 0.374 e. The van der Waals surface area contributed by atoms with Gasteiger partial charge in [-0.1, -0.05) is 11.6 Å². The number of halogens is 2. The second-order valence-corrected chi connectivity index (χ2v) is 4.72. The molecule has 18 heavy (non-hydrogen) atoms. The van der Waals surface area contributed by atoms with Crippen LogP contribution in [0.15, 0.2) is 6.07 Å². The van der Waals surface area contributed by atoms with Crippen LogP contribution in [0, 0.1) is 5.82 Å². The molecule has 3 rings (SSSR count). The molecule has 0 atom stereocenters. The first kappa shape index (κ1) is 11.4. The van der Waals surface area contributed by atoms with E-state index in [4.69, 9.17) is 11.6 Å². The molecule has 0 radical (unpaired) electrons. The maximum atomic E-state index is 14.2. The number of H-pyrrole nitrogens is 1. The molecule has 0 aliphatic carbocycles. The number of aryl methyl sites for hydroxylation is 1. The van der Waals surface area contributed by atoms with E-state index in [0.717, 1.165) is 30.6 Å². The number of benzene rings is 1. The number of hydrogen-bond donors (Lipinski definition) is 1. The Kier molecular flexibility index (Phi) is 2.66. The number of fused-ring (bicyclic) bond motifs is 1. The highest BCUT2D eigenvalue weighted by atomic mass is 35.5. The molecule has 1 N–H and O–H groups in total. The standard InChI is InChI=1S/C11H11ClFN5/c1-18-4-2-3-6-5-7(12)9(13)8(10(6)18)11-14-16-17-15-11/h5H,2-4H2,1H3,(H,14,15,16,17). The summed E-state index contributed by atoms with van der Waals surface area (Å²) in [6, 6.07) is 1.69. The van der Waals surface area contributed by atoms with Gasteiger partial charge in [0.25, 0.3) is 0 Å². The second-order valence-electron chi connectivity index (χ2n) is 4.32. The zero-order valence-electron chi connectivity index (χ0n) is 9.74. The summed E-state index contributed by atoms with van der Waals surface area (Å²) < 4.78 is 14.2. The highest BCUT2D eigenvalue weighted by Gasteiger charge is 2.26. The molecule has 0 spiro atoms. The number of aromatic nitrogens is 4. The van der Waals surface area contributed by atoms with Crippen LogP contribution in [-0.2, 0) is 6.42 Å². The third-order valence-electron chi connectivity index (χ3n) is 3.16. The lowest BCUT2D eigenvalue weighted by molar-refractivity contribution is 0.625. The van der Waals surface area contributed by atoms with Crippen LogP contribution in [0.2, 0.25) is 5.02 Å². The van der Waals surface area contributed by atoms with E-state index in [-0.39, 0.29) is 10.8 Å². The normalized spacial score (nSPS) is 14.7. The van der Waals surface area contributed by atoms with E-state index in [1.807, 2.05) is 11.9 Å². The van der Waals surface area contributed by atoms with Gasteiger partial charge in [0.05, 0.1) is 16.3 Å². The summed E-state index contributed by atoms with van der Waals surface area (Å²) >= 11 is 5.94. The van der Waals surface area contributed by atoms with E-state index in [9.17, 15) is 4.39 Å². The van der Waals surface area contributed by atoms with Gasteiger partial charge in [-0.2, -0.15) is 5.21 Å². The Balaban J connectivity index is 2.31. The van der Waals surface area contributed by atoms with Crippen LogP contribution < -0.4 is 4.90 Å². The Morgan fingerprint density at radius 3 is 3.06 bits per heavy atom. The van der Waals surface area contributed by atoms with E-state index in [1.165, 1.54) is 0 Å². The van der Waals surface area contributed by atoms with Gasteiger partial charge in [0, 0.05) is 13.6 Å². The number of tetrazole rings is 1. The Bertz CT molecular complexity index is 584. The van der Waals surface area contributed by atoms with E-state index in [2.05, 4.69) is 20.6 Å². The monoisotopic (exact) mass is 267 g/mol. The van der Waals surface area contributed by atoms with Gasteiger partial charge < -0.3 is 4.90 Å². The molecule has 1 aromatic heterocycles. The number of aromatic amines is 1. The summed E-state index contributed by atoms with van der Waals surface area (Å²) in [4.78, 5) is 2.00. The molecule has 0 saturated heterocycles. The predicted octanol–water partition coefficient (Wildman–Crippen LogP) is 2.04. The summed E-state index contributed by atoms with van der Waals surface area (Å²) in [5, 5.41) is 13.6. The molecule has 0 amide bonds. The van der Waals surface area contributed by atoms with Gasteiger partial charge in [0.15, 0.2) is 5.82 Å². The molecule has 2 aromatic rings. The van der Waals surface area contributed by atoms with E-state index in [0.29, 0.717) is 5.56 Å². The Morgan fingerprint density at radius 1 is 1.50 bits per heavy atom. The van der Waals surface area contributed by atoms with E-state index in [1.54, 1.807) is 6.07 Å². The maximum Gasteiger partial charge on any atom is 0.209 e. The van der Waals surface area contributed by atoms with Crippen molar-refractivity contribution >= 4 is 17.3 Å². The van der Waals surface area contributed by atoms with E-state index >= 15 is 0 Å². The van der Waals surface area contributed by atoms with E-state index < -0.39 is 5.82 Å². The molecule has 5 nitrogen and oxygen atoms in total. The second kappa shape index (κ2) is 4.20. The van der Waals surface area contributed by atoms with Crippen LogP contribution in [0.25, 0.3) is 11.4 Å². The van der Waals surface area contributed by atoms with Gasteiger partial charge in [-0.15, -0.1) is 10.2 Å². The maximum absolute atomic E-state index is 14.2. The zero-order valence-corrected chi connectivity index (χ0v) is 10.5. The van der Waals surface area contributed by atoms with Gasteiger partial charge in [-0.05, 0) is 29.7 Å². The van der Waals surface area contributed by atoms with Crippen molar-refractivity contribution in [3.8, 4) is 11.4 Å². The molecule has 94 valence electrons. The number of nitrogens with zero attached hydrogens (tertiary/aromatic N) is 4. The average molecular weight is 268 g/mol. The number of nitrogens with one attached hydrogen (secondary N) is 1. The van der Waals surface area contributed by atoms with Crippen molar-refractivity contribution in [2.24, 2.45) is 0 Å². The Hall–Kier alpha value is -1.69. The van der Waals surface area contributed by atoms with Crippen LogP contribution in [0.1, 0.15) is 12.0 Å². The van der Waals surface area contributed by atoms with Gasteiger partial charge in [0.1, 0.15) is 0 Å². The quantitative estimate of drug-likeness (QED) is 0.859. The summed E-state index contributed by atoms with van der Waals surface area (Å²) in [5.41, 5.74) is 2.16. The lowest BCUT2D eigenvalue weighted by Gasteiger charge is -2.29. The molecule has 0 unspecified atom stereocenters. The minimum Gasteiger partial charge on any atom is -0.374 e. The van der Waals surface area contributed by atoms with Crippen LogP contribution in [-0.4, -0.2) is 34.2 Å². The Labute approximate surface area is 108 Å². The molecule has 0 saturated carbocycles. The molecular weight excluding hydrogens is 257 g/mol. The first-order chi connectivity index (χ1) is 8.68. The van der Waals surface area contributed by atoms with Crippen molar-refractivity contribution in [2.45, 2.75) is 12.8 Å². The van der Waals surface area contributed by atoms with Gasteiger partial charge in [0.2, 0.25) is 5.82 Å². The number of rotatable bonds is 1. The summed E-state index contributed by atoms with van der Waals surface area (Å²) in [6.45, 7) is 0.874. The molecule has 1 aromatic carbocycles. The predicted molar refractivity (Wildman–Crippen MR) is 66.2 cm³/mol. The fraction of sp³-hybridized carbons (Fsp3) is 0.364. The molecule has 1 aliphatic heterocycles. The third-order valence-corrected chi connectivity index (χ3v) is 3.44. The first-order valence-corrected chi connectivity index (χ1v) is 6.02. The lowest BCUT2D eigenvalue weighted by atomic mass is 9.97. The van der Waals surface area contributed by atoms with Gasteiger partial charge >= 0.3 is 0 Å². The fourth-order valence-corrected chi connectivity index (χ4v) is 2.61. The van der Waals surface area contributed by atoms with Crippen molar-refractivity contribution in [2.75, 3.05) is 18.5 Å². The Morgan fingerprint density at radius 2 is 2.33 bits per heavy atom. The minimum atomic E-state index is -0.495. The van der Waals surface area contributed by atoms with Crippen molar-refractivity contribution in [1.82, 2.24) is 20.6 Å². The molecular formula is C11H11ClFN5. The highest BCUT2D eigenvalue weighted by molar-refractivity contribution is 6.31. The molecule has 0 fully saturated rings. The lowest BCUT2D eigenvalue weighted by Crippen LogP contribution is -2.26. The third kappa shape index (κ3) is 1.64. The molecule has 1 aliphatic rings. The average Bonchev–Trinajstić information content (AvgIpc) is 2.85. The van der Waals surface area contributed by atoms with Crippen LogP contribution >= 0.6 is 11.6 Å². The summed E-state index contributed by atoms with van der Waals surface area (Å²) in [6.07, 6.45) is 1.90. The zero-order chi connectivity index (χ0) is 12.7. The van der Waals surface area contributed by atoms with Crippen molar-refractivity contribution in [1.29, 1.82) is 0 Å². The smallest absolute Gasteiger partial charge is 0.209 e. The number of anilines is 1. The SMILES string of the molecule is CN1CCCc2cc(Cl)c(F)c(-c3nn[nH]n3)c21. The van der Waals surface area contributed by atoms with Crippen molar-refractivity contribution in [3.05, 3.63) is 22.5 Å². The van der Waals surface area contributed by atoms with Crippen LogP contribution in [0.4, 0.5) is 10.1 Å². The van der Waals surface area contributed by atoms with Crippen molar-refractivity contribution < 1.29 is 4.39 Å². The first-order valence-electron chi connectivity index (χ1n) is 5.64.